The molecule has 0 amide bonds. The van der Waals surface area contributed by atoms with Crippen LogP contribution >= 0.6 is 11.6 Å². The van der Waals surface area contributed by atoms with Crippen molar-refractivity contribution in [3.05, 3.63) is 94.5 Å². The minimum atomic E-state index is 0.188. The van der Waals surface area contributed by atoms with Gasteiger partial charge in [0.15, 0.2) is 0 Å². The van der Waals surface area contributed by atoms with Crippen LogP contribution in [0.25, 0.3) is 11.1 Å². The summed E-state index contributed by atoms with van der Waals surface area (Å²) in [6.07, 6.45) is 1.03. The van der Waals surface area contributed by atoms with Gasteiger partial charge in [-0.25, -0.2) is 0 Å². The van der Waals surface area contributed by atoms with Crippen LogP contribution in [0.4, 0.5) is 0 Å². The normalized spacial score (nSPS) is 16.3. The molecule has 0 spiro atoms. The largest absolute Gasteiger partial charge is 0.314 e. The van der Waals surface area contributed by atoms with Gasteiger partial charge >= 0.3 is 0 Å². The van der Waals surface area contributed by atoms with Crippen LogP contribution in [-0.2, 0) is 11.8 Å². The number of piperazine rings is 1. The van der Waals surface area contributed by atoms with Crippen molar-refractivity contribution in [3.8, 4) is 11.1 Å². The Morgan fingerprint density at radius 3 is 1.90 bits per heavy atom. The zero-order valence-electron chi connectivity index (χ0n) is 18.9. The highest BCUT2D eigenvalue weighted by Crippen LogP contribution is 2.30. The standard InChI is InChI=1S/C28H33ClN2/c1-28(2,3)25-12-4-21(5-13-25)20-27(31-18-16-30-17-19-31)24-8-6-22(7-9-24)23-10-14-26(29)15-11-23/h4-15,27,30H,16-20H2,1-3H3. The third kappa shape index (κ3) is 5.57. The zero-order chi connectivity index (χ0) is 21.8. The van der Waals surface area contributed by atoms with Gasteiger partial charge in [0.2, 0.25) is 0 Å². The average molecular weight is 433 g/mol. The minimum Gasteiger partial charge on any atom is -0.314 e. The van der Waals surface area contributed by atoms with Crippen LogP contribution < -0.4 is 5.32 Å². The molecular weight excluding hydrogens is 400 g/mol. The van der Waals surface area contributed by atoms with E-state index in [1.165, 1.54) is 27.8 Å². The van der Waals surface area contributed by atoms with E-state index in [1.807, 2.05) is 12.1 Å². The molecule has 1 saturated heterocycles. The molecule has 0 aromatic heterocycles. The van der Waals surface area contributed by atoms with Gasteiger partial charge in [0, 0.05) is 37.2 Å². The molecule has 3 aromatic carbocycles. The SMILES string of the molecule is CC(C)(C)c1ccc(CC(c2ccc(-c3ccc(Cl)cc3)cc2)N2CCNCC2)cc1. The van der Waals surface area contributed by atoms with Crippen molar-refractivity contribution in [1.29, 1.82) is 0 Å². The van der Waals surface area contributed by atoms with Crippen molar-refractivity contribution in [1.82, 2.24) is 10.2 Å². The lowest BCUT2D eigenvalue weighted by atomic mass is 9.86. The lowest BCUT2D eigenvalue weighted by molar-refractivity contribution is 0.172. The Morgan fingerprint density at radius 2 is 1.35 bits per heavy atom. The molecule has 0 saturated carbocycles. The third-order valence-corrected chi connectivity index (χ3v) is 6.57. The molecule has 3 aromatic rings. The van der Waals surface area contributed by atoms with Gasteiger partial charge < -0.3 is 5.32 Å². The molecule has 0 aliphatic carbocycles. The second kappa shape index (κ2) is 9.56. The summed E-state index contributed by atoms with van der Waals surface area (Å²) in [7, 11) is 0. The van der Waals surface area contributed by atoms with E-state index >= 15 is 0 Å². The average Bonchev–Trinajstić information content (AvgIpc) is 2.78. The Kier molecular flexibility index (Phi) is 6.81. The number of halogens is 1. The van der Waals surface area contributed by atoms with Crippen LogP contribution in [0.2, 0.25) is 5.02 Å². The second-order valence-corrected chi connectivity index (χ2v) is 10.0. The molecule has 0 bridgehead atoms. The zero-order valence-corrected chi connectivity index (χ0v) is 19.6. The first-order valence-electron chi connectivity index (χ1n) is 11.3. The molecule has 1 aliphatic rings. The minimum absolute atomic E-state index is 0.188. The summed E-state index contributed by atoms with van der Waals surface area (Å²) in [5.41, 5.74) is 6.80. The fourth-order valence-electron chi connectivity index (χ4n) is 4.36. The molecule has 1 heterocycles. The summed E-state index contributed by atoms with van der Waals surface area (Å²) in [5.74, 6) is 0. The van der Waals surface area contributed by atoms with E-state index in [0.29, 0.717) is 6.04 Å². The van der Waals surface area contributed by atoms with Gasteiger partial charge in [-0.1, -0.05) is 93.0 Å². The summed E-state index contributed by atoms with van der Waals surface area (Å²) in [5, 5.41) is 4.27. The number of hydrogen-bond acceptors (Lipinski definition) is 2. The van der Waals surface area contributed by atoms with Gasteiger partial charge in [0.25, 0.3) is 0 Å². The van der Waals surface area contributed by atoms with E-state index in [4.69, 9.17) is 11.6 Å². The molecule has 2 nitrogen and oxygen atoms in total. The van der Waals surface area contributed by atoms with Crippen molar-refractivity contribution in [2.45, 2.75) is 38.6 Å². The summed E-state index contributed by atoms with van der Waals surface area (Å²) < 4.78 is 0. The van der Waals surface area contributed by atoms with Gasteiger partial charge in [-0.2, -0.15) is 0 Å². The van der Waals surface area contributed by atoms with E-state index in [0.717, 1.165) is 37.6 Å². The molecule has 162 valence electrons. The molecule has 4 rings (SSSR count). The topological polar surface area (TPSA) is 15.3 Å². The maximum Gasteiger partial charge on any atom is 0.0406 e. The monoisotopic (exact) mass is 432 g/mol. The second-order valence-electron chi connectivity index (χ2n) is 9.58. The van der Waals surface area contributed by atoms with Gasteiger partial charge in [-0.15, -0.1) is 0 Å². The summed E-state index contributed by atoms with van der Waals surface area (Å²) in [4.78, 5) is 2.63. The smallest absolute Gasteiger partial charge is 0.0406 e. The highest BCUT2D eigenvalue weighted by molar-refractivity contribution is 6.30. The highest BCUT2D eigenvalue weighted by Gasteiger charge is 2.23. The third-order valence-electron chi connectivity index (χ3n) is 6.31. The molecule has 1 fully saturated rings. The van der Waals surface area contributed by atoms with Crippen LogP contribution in [0, 0.1) is 0 Å². The number of nitrogens with zero attached hydrogens (tertiary/aromatic N) is 1. The van der Waals surface area contributed by atoms with Crippen molar-refractivity contribution >= 4 is 11.6 Å². The Labute approximate surface area is 192 Å². The van der Waals surface area contributed by atoms with Gasteiger partial charge in [0.1, 0.15) is 0 Å². The van der Waals surface area contributed by atoms with E-state index in [1.54, 1.807) is 0 Å². The molecule has 0 radical (unpaired) electrons. The maximum atomic E-state index is 6.05. The van der Waals surface area contributed by atoms with E-state index < -0.39 is 0 Å². The van der Waals surface area contributed by atoms with Crippen LogP contribution in [0.3, 0.4) is 0 Å². The molecule has 3 heteroatoms. The van der Waals surface area contributed by atoms with Crippen LogP contribution in [0.1, 0.15) is 43.5 Å². The highest BCUT2D eigenvalue weighted by atomic mass is 35.5. The predicted molar refractivity (Wildman–Crippen MR) is 133 cm³/mol. The van der Waals surface area contributed by atoms with E-state index in [9.17, 15) is 0 Å². The summed E-state index contributed by atoms with van der Waals surface area (Å²) in [6, 6.07) is 26.8. The molecule has 1 unspecified atom stereocenters. The Morgan fingerprint density at radius 1 is 0.806 bits per heavy atom. The quantitative estimate of drug-likeness (QED) is 0.495. The van der Waals surface area contributed by atoms with Crippen LogP contribution in [-0.4, -0.2) is 31.1 Å². The van der Waals surface area contributed by atoms with Crippen molar-refractivity contribution in [2.75, 3.05) is 26.2 Å². The Balaban J connectivity index is 1.58. The lowest BCUT2D eigenvalue weighted by Gasteiger charge is -2.35. The summed E-state index contributed by atoms with van der Waals surface area (Å²) in [6.45, 7) is 11.1. The van der Waals surface area contributed by atoms with E-state index in [2.05, 4.69) is 91.7 Å². The van der Waals surface area contributed by atoms with Gasteiger partial charge in [-0.05, 0) is 51.8 Å². The fraction of sp³-hybridized carbons (Fsp3) is 0.357. The number of hydrogen-bond donors (Lipinski definition) is 1. The number of nitrogens with one attached hydrogen (secondary N) is 1. The summed E-state index contributed by atoms with van der Waals surface area (Å²) >= 11 is 6.05. The predicted octanol–water partition coefficient (Wildman–Crippen LogP) is 6.49. The number of rotatable bonds is 5. The fourth-order valence-corrected chi connectivity index (χ4v) is 4.48. The molecule has 1 N–H and O–H groups in total. The molecule has 31 heavy (non-hydrogen) atoms. The van der Waals surface area contributed by atoms with Crippen LogP contribution in [0.15, 0.2) is 72.8 Å². The first kappa shape index (κ1) is 22.1. The maximum absolute atomic E-state index is 6.05. The number of benzene rings is 3. The van der Waals surface area contributed by atoms with Crippen LogP contribution in [0.5, 0.6) is 0 Å². The molecule has 1 atom stereocenters. The molecular formula is C28H33ClN2. The molecule has 1 aliphatic heterocycles. The van der Waals surface area contributed by atoms with Gasteiger partial charge in [0.05, 0.1) is 0 Å². The van der Waals surface area contributed by atoms with E-state index in [-0.39, 0.29) is 5.41 Å². The first-order valence-corrected chi connectivity index (χ1v) is 11.7. The van der Waals surface area contributed by atoms with Crippen molar-refractivity contribution < 1.29 is 0 Å². The van der Waals surface area contributed by atoms with Crippen molar-refractivity contribution in [2.24, 2.45) is 0 Å². The Bertz CT molecular complexity index is 964. The first-order chi connectivity index (χ1) is 14.9. The van der Waals surface area contributed by atoms with Crippen molar-refractivity contribution in [3.63, 3.8) is 0 Å². The van der Waals surface area contributed by atoms with Gasteiger partial charge in [-0.3, -0.25) is 4.90 Å². The Hall–Kier alpha value is -2.13. The lowest BCUT2D eigenvalue weighted by Crippen LogP contribution is -2.45.